The number of rotatable bonds is 8. The van der Waals surface area contributed by atoms with Gasteiger partial charge < -0.3 is 10.1 Å². The van der Waals surface area contributed by atoms with Crippen molar-refractivity contribution in [2.75, 3.05) is 6.61 Å². The molecule has 104 valence electrons. The minimum absolute atomic E-state index is 0.00245. The van der Waals surface area contributed by atoms with Crippen LogP contribution in [0.3, 0.4) is 0 Å². The number of nitrogens with one attached hydrogen (secondary N) is 1. The van der Waals surface area contributed by atoms with Gasteiger partial charge in [0.15, 0.2) is 5.75 Å². The SMILES string of the molecule is C=CCCOc1cc(CNC(C)C)ccc1[N+](=O)[O-]. The van der Waals surface area contributed by atoms with Crippen LogP contribution in [0, 0.1) is 10.1 Å². The summed E-state index contributed by atoms with van der Waals surface area (Å²) in [6, 6.07) is 5.31. The van der Waals surface area contributed by atoms with E-state index in [0.717, 1.165) is 5.56 Å². The molecule has 0 spiro atoms. The Hall–Kier alpha value is -1.88. The number of nitrogens with zero attached hydrogens (tertiary/aromatic N) is 1. The first kappa shape index (κ1) is 15.2. The van der Waals surface area contributed by atoms with Crippen LogP contribution in [-0.4, -0.2) is 17.6 Å². The Morgan fingerprint density at radius 3 is 2.84 bits per heavy atom. The Labute approximate surface area is 113 Å². The lowest BCUT2D eigenvalue weighted by molar-refractivity contribution is -0.385. The molecule has 1 rings (SSSR count). The zero-order chi connectivity index (χ0) is 14.3. The molecule has 1 aromatic carbocycles. The molecule has 19 heavy (non-hydrogen) atoms. The summed E-state index contributed by atoms with van der Waals surface area (Å²) < 4.78 is 5.45. The largest absolute Gasteiger partial charge is 0.486 e. The Balaban J connectivity index is 2.84. The van der Waals surface area contributed by atoms with Crippen molar-refractivity contribution >= 4 is 5.69 Å². The van der Waals surface area contributed by atoms with Crippen LogP contribution < -0.4 is 10.1 Å². The highest BCUT2D eigenvalue weighted by molar-refractivity contribution is 5.48. The summed E-state index contributed by atoms with van der Waals surface area (Å²) in [4.78, 5) is 10.5. The highest BCUT2D eigenvalue weighted by atomic mass is 16.6. The first-order valence-corrected chi connectivity index (χ1v) is 6.29. The van der Waals surface area contributed by atoms with Crippen molar-refractivity contribution in [1.82, 2.24) is 5.32 Å². The molecular formula is C14H20N2O3. The van der Waals surface area contributed by atoms with Gasteiger partial charge >= 0.3 is 5.69 Å². The molecule has 0 fully saturated rings. The summed E-state index contributed by atoms with van der Waals surface area (Å²) in [6.07, 6.45) is 2.38. The Kier molecular flexibility index (Phi) is 6.02. The van der Waals surface area contributed by atoms with Crippen LogP contribution in [0.25, 0.3) is 0 Å². The number of nitro groups is 1. The molecule has 0 unspecified atom stereocenters. The summed E-state index contributed by atoms with van der Waals surface area (Å²) >= 11 is 0. The average Bonchev–Trinajstić information content (AvgIpc) is 2.36. The number of hydrogen-bond donors (Lipinski definition) is 1. The zero-order valence-electron chi connectivity index (χ0n) is 11.4. The molecule has 1 N–H and O–H groups in total. The van der Waals surface area contributed by atoms with Gasteiger partial charge in [0.25, 0.3) is 0 Å². The molecule has 0 heterocycles. The second-order valence-corrected chi connectivity index (χ2v) is 4.52. The van der Waals surface area contributed by atoms with Crippen molar-refractivity contribution in [3.8, 4) is 5.75 Å². The lowest BCUT2D eigenvalue weighted by Gasteiger charge is -2.10. The lowest BCUT2D eigenvalue weighted by atomic mass is 10.2. The molecule has 0 aliphatic rings. The quantitative estimate of drug-likeness (QED) is 0.339. The first-order valence-electron chi connectivity index (χ1n) is 6.29. The molecule has 0 bridgehead atoms. The van der Waals surface area contributed by atoms with E-state index in [2.05, 4.69) is 11.9 Å². The van der Waals surface area contributed by atoms with Crippen LogP contribution in [-0.2, 0) is 6.54 Å². The van der Waals surface area contributed by atoms with Gasteiger partial charge in [0.05, 0.1) is 11.5 Å². The number of hydrogen-bond acceptors (Lipinski definition) is 4. The van der Waals surface area contributed by atoms with Crippen molar-refractivity contribution in [2.45, 2.75) is 32.9 Å². The fourth-order valence-corrected chi connectivity index (χ4v) is 1.51. The summed E-state index contributed by atoms with van der Waals surface area (Å²) in [5, 5.41) is 14.2. The fourth-order valence-electron chi connectivity index (χ4n) is 1.51. The third-order valence-corrected chi connectivity index (χ3v) is 2.51. The third kappa shape index (κ3) is 5.09. The molecule has 1 aromatic rings. The molecule has 0 aliphatic carbocycles. The van der Waals surface area contributed by atoms with Crippen molar-refractivity contribution in [3.63, 3.8) is 0 Å². The van der Waals surface area contributed by atoms with Gasteiger partial charge in [-0.3, -0.25) is 10.1 Å². The van der Waals surface area contributed by atoms with E-state index in [0.29, 0.717) is 31.4 Å². The Bertz CT molecular complexity index is 444. The van der Waals surface area contributed by atoms with Crippen LogP contribution in [0.4, 0.5) is 5.69 Å². The molecule has 0 aliphatic heterocycles. The van der Waals surface area contributed by atoms with Crippen LogP contribution in [0.5, 0.6) is 5.75 Å². The summed E-state index contributed by atoms with van der Waals surface area (Å²) in [7, 11) is 0. The highest BCUT2D eigenvalue weighted by Gasteiger charge is 2.15. The standard InChI is InChI=1S/C14H20N2O3/c1-4-5-8-19-14-9-12(10-15-11(2)3)6-7-13(14)16(17)18/h4,6-7,9,11,15H,1,5,8,10H2,2-3H3. The number of benzene rings is 1. The smallest absolute Gasteiger partial charge is 0.310 e. The van der Waals surface area contributed by atoms with Crippen molar-refractivity contribution in [1.29, 1.82) is 0 Å². The molecule has 0 saturated carbocycles. The van der Waals surface area contributed by atoms with E-state index in [4.69, 9.17) is 4.74 Å². The molecule has 0 amide bonds. The predicted octanol–water partition coefficient (Wildman–Crippen LogP) is 3.05. The van der Waals surface area contributed by atoms with Crippen molar-refractivity contribution in [2.24, 2.45) is 0 Å². The summed E-state index contributed by atoms with van der Waals surface area (Å²) in [5.74, 6) is 0.315. The van der Waals surface area contributed by atoms with E-state index >= 15 is 0 Å². The van der Waals surface area contributed by atoms with Gasteiger partial charge in [-0.05, 0) is 18.1 Å². The van der Waals surface area contributed by atoms with Gasteiger partial charge in [-0.25, -0.2) is 0 Å². The average molecular weight is 264 g/mol. The van der Waals surface area contributed by atoms with Gasteiger partial charge in [0.1, 0.15) is 0 Å². The normalized spacial score (nSPS) is 10.5. The fraction of sp³-hybridized carbons (Fsp3) is 0.429. The zero-order valence-corrected chi connectivity index (χ0v) is 11.4. The van der Waals surface area contributed by atoms with Crippen LogP contribution in [0.2, 0.25) is 0 Å². The minimum Gasteiger partial charge on any atom is -0.486 e. The summed E-state index contributed by atoms with van der Waals surface area (Å²) in [5.41, 5.74) is 0.963. The highest BCUT2D eigenvalue weighted by Crippen LogP contribution is 2.28. The molecule has 0 atom stereocenters. The molecule has 0 radical (unpaired) electrons. The van der Waals surface area contributed by atoms with Gasteiger partial charge in [-0.1, -0.05) is 26.0 Å². The van der Waals surface area contributed by atoms with E-state index in [1.807, 2.05) is 13.8 Å². The lowest BCUT2D eigenvalue weighted by Crippen LogP contribution is -2.21. The maximum Gasteiger partial charge on any atom is 0.310 e. The second-order valence-electron chi connectivity index (χ2n) is 4.52. The van der Waals surface area contributed by atoms with E-state index in [9.17, 15) is 10.1 Å². The Morgan fingerprint density at radius 2 is 2.26 bits per heavy atom. The monoisotopic (exact) mass is 264 g/mol. The van der Waals surface area contributed by atoms with E-state index in [1.165, 1.54) is 6.07 Å². The van der Waals surface area contributed by atoms with Crippen LogP contribution in [0.15, 0.2) is 30.9 Å². The van der Waals surface area contributed by atoms with Gasteiger partial charge in [-0.2, -0.15) is 0 Å². The van der Waals surface area contributed by atoms with Crippen molar-refractivity contribution < 1.29 is 9.66 Å². The molecular weight excluding hydrogens is 244 g/mol. The third-order valence-electron chi connectivity index (χ3n) is 2.51. The maximum absolute atomic E-state index is 10.9. The summed E-state index contributed by atoms with van der Waals surface area (Å²) in [6.45, 7) is 8.74. The molecule has 5 heteroatoms. The van der Waals surface area contributed by atoms with Crippen LogP contribution >= 0.6 is 0 Å². The maximum atomic E-state index is 10.9. The van der Waals surface area contributed by atoms with E-state index in [1.54, 1.807) is 18.2 Å². The first-order chi connectivity index (χ1) is 9.04. The van der Waals surface area contributed by atoms with Gasteiger partial charge in [0, 0.05) is 18.7 Å². The minimum atomic E-state index is -0.428. The molecule has 0 saturated heterocycles. The number of nitro benzene ring substituents is 1. The van der Waals surface area contributed by atoms with Gasteiger partial charge in [0.2, 0.25) is 0 Å². The van der Waals surface area contributed by atoms with Crippen LogP contribution in [0.1, 0.15) is 25.8 Å². The Morgan fingerprint density at radius 1 is 1.53 bits per heavy atom. The predicted molar refractivity (Wildman–Crippen MR) is 75.4 cm³/mol. The molecule has 5 nitrogen and oxygen atoms in total. The van der Waals surface area contributed by atoms with E-state index in [-0.39, 0.29) is 5.69 Å². The van der Waals surface area contributed by atoms with Crippen molar-refractivity contribution in [3.05, 3.63) is 46.5 Å². The molecule has 0 aromatic heterocycles. The number of ether oxygens (including phenoxy) is 1. The van der Waals surface area contributed by atoms with Gasteiger partial charge in [-0.15, -0.1) is 6.58 Å². The topological polar surface area (TPSA) is 64.4 Å². The second kappa shape index (κ2) is 7.53. The van der Waals surface area contributed by atoms with E-state index < -0.39 is 4.92 Å².